The van der Waals surface area contributed by atoms with Crippen molar-refractivity contribution in [2.24, 2.45) is 0 Å². The Balaban J connectivity index is 1.21. The van der Waals surface area contributed by atoms with Gasteiger partial charge in [-0.2, -0.15) is 0 Å². The first-order chi connectivity index (χ1) is 19.6. The van der Waals surface area contributed by atoms with E-state index in [-0.39, 0.29) is 43.1 Å². The number of carbonyl (C=O) groups excluding carboxylic acids is 2. The van der Waals surface area contributed by atoms with Crippen LogP contribution in [0.1, 0.15) is 76.9 Å². The van der Waals surface area contributed by atoms with E-state index in [0.717, 1.165) is 42.4 Å². The SMILES string of the molecule is CO[C@H]1C[C@H]2CC[C@@H](C1)N2C(=O)c1ccc2c(c1)C(C)(C)CN(CC(O)[C@@H]1Cc3ccccc3CN1C(=O)O)C2=O. The summed E-state index contributed by atoms with van der Waals surface area (Å²) in [7, 11) is 1.74. The number of fused-ring (bicyclic) bond motifs is 4. The molecule has 218 valence electrons. The summed E-state index contributed by atoms with van der Waals surface area (Å²) in [6.07, 6.45) is 2.16. The molecular formula is C32H39N3O6. The van der Waals surface area contributed by atoms with E-state index in [1.54, 1.807) is 24.1 Å². The highest BCUT2D eigenvalue weighted by atomic mass is 16.5. The molecule has 1 unspecified atom stereocenters. The van der Waals surface area contributed by atoms with E-state index >= 15 is 0 Å². The summed E-state index contributed by atoms with van der Waals surface area (Å²) in [5.74, 6) is -0.196. The van der Waals surface area contributed by atoms with Gasteiger partial charge in [0.05, 0.1) is 18.2 Å². The number of rotatable bonds is 5. The Morgan fingerprint density at radius 3 is 2.41 bits per heavy atom. The summed E-state index contributed by atoms with van der Waals surface area (Å²) in [6.45, 7) is 4.67. The van der Waals surface area contributed by atoms with Crippen molar-refractivity contribution >= 4 is 17.9 Å². The third-order valence-corrected chi connectivity index (χ3v) is 9.74. The zero-order valence-corrected chi connectivity index (χ0v) is 24.0. The molecule has 2 N–H and O–H groups in total. The van der Waals surface area contributed by atoms with Gasteiger partial charge in [-0.3, -0.25) is 14.5 Å². The van der Waals surface area contributed by atoms with Gasteiger partial charge in [0, 0.05) is 55.4 Å². The van der Waals surface area contributed by atoms with Crippen molar-refractivity contribution in [1.29, 1.82) is 0 Å². The molecule has 6 rings (SSSR count). The van der Waals surface area contributed by atoms with Gasteiger partial charge in [0.1, 0.15) is 0 Å². The van der Waals surface area contributed by atoms with Gasteiger partial charge in [-0.15, -0.1) is 0 Å². The van der Waals surface area contributed by atoms with Crippen molar-refractivity contribution in [1.82, 2.24) is 14.7 Å². The van der Waals surface area contributed by atoms with E-state index in [1.807, 2.05) is 49.1 Å². The third-order valence-electron chi connectivity index (χ3n) is 9.74. The summed E-state index contributed by atoms with van der Waals surface area (Å²) in [6, 6.07) is 12.8. The van der Waals surface area contributed by atoms with Crippen molar-refractivity contribution in [2.75, 3.05) is 20.2 Å². The lowest BCUT2D eigenvalue weighted by atomic mass is 9.77. The number of β-amino-alcohol motifs (C(OH)–C–C–N with tert-alkyl or cyclic N) is 1. The van der Waals surface area contributed by atoms with Crippen LogP contribution in [0.5, 0.6) is 0 Å². The fraction of sp³-hybridized carbons (Fsp3) is 0.531. The monoisotopic (exact) mass is 561 g/mol. The Kier molecular flexibility index (Phi) is 7.06. The van der Waals surface area contributed by atoms with Crippen LogP contribution in [0.15, 0.2) is 42.5 Å². The quantitative estimate of drug-likeness (QED) is 0.577. The minimum Gasteiger partial charge on any atom is -0.465 e. The number of aliphatic hydroxyl groups excluding tert-OH is 1. The van der Waals surface area contributed by atoms with Crippen molar-refractivity contribution < 1.29 is 29.3 Å². The molecule has 9 nitrogen and oxygen atoms in total. The minimum atomic E-state index is -1.09. The molecule has 0 aromatic heterocycles. The van der Waals surface area contributed by atoms with Gasteiger partial charge in [0.15, 0.2) is 0 Å². The lowest BCUT2D eigenvalue weighted by Gasteiger charge is -2.43. The number of hydrogen-bond donors (Lipinski definition) is 2. The van der Waals surface area contributed by atoms with Crippen molar-refractivity contribution in [3.05, 3.63) is 70.3 Å². The number of methoxy groups -OCH3 is 1. The minimum absolute atomic E-state index is 0.0160. The van der Waals surface area contributed by atoms with Gasteiger partial charge >= 0.3 is 6.09 Å². The van der Waals surface area contributed by atoms with Crippen molar-refractivity contribution in [3.63, 3.8) is 0 Å². The number of piperidine rings is 1. The number of carboxylic acid groups (broad SMARTS) is 1. The van der Waals surface area contributed by atoms with Gasteiger partial charge in [-0.1, -0.05) is 38.1 Å². The second-order valence-corrected chi connectivity index (χ2v) is 12.8. The van der Waals surface area contributed by atoms with E-state index in [1.165, 1.54) is 4.90 Å². The predicted molar refractivity (Wildman–Crippen MR) is 152 cm³/mol. The lowest BCUT2D eigenvalue weighted by Crippen LogP contribution is -2.56. The summed E-state index contributed by atoms with van der Waals surface area (Å²) in [5, 5.41) is 21.2. The summed E-state index contributed by atoms with van der Waals surface area (Å²) < 4.78 is 5.60. The number of aliphatic hydroxyl groups is 1. The number of amides is 3. The largest absolute Gasteiger partial charge is 0.465 e. The van der Waals surface area contributed by atoms with Gasteiger partial charge in [-0.05, 0) is 67.0 Å². The van der Waals surface area contributed by atoms with Gasteiger partial charge in [0.2, 0.25) is 0 Å². The third kappa shape index (κ3) is 4.89. The molecule has 0 radical (unpaired) electrons. The first-order valence-electron chi connectivity index (χ1n) is 14.6. The molecule has 3 amide bonds. The predicted octanol–water partition coefficient (Wildman–Crippen LogP) is 3.67. The Hall–Kier alpha value is -3.43. The Labute approximate surface area is 240 Å². The second kappa shape index (κ2) is 10.4. The van der Waals surface area contributed by atoms with Crippen LogP contribution in [-0.4, -0.2) is 93.4 Å². The smallest absolute Gasteiger partial charge is 0.407 e. The zero-order valence-electron chi connectivity index (χ0n) is 24.0. The molecule has 0 saturated carbocycles. The molecule has 0 aliphatic carbocycles. The highest BCUT2D eigenvalue weighted by Gasteiger charge is 2.45. The maximum absolute atomic E-state index is 13.7. The number of hydrogen-bond acceptors (Lipinski definition) is 5. The molecule has 2 aromatic rings. The average molecular weight is 562 g/mol. The molecular weight excluding hydrogens is 522 g/mol. The highest BCUT2D eigenvalue weighted by Crippen LogP contribution is 2.39. The van der Waals surface area contributed by atoms with Crippen molar-refractivity contribution in [3.8, 4) is 0 Å². The number of benzene rings is 2. The lowest BCUT2D eigenvalue weighted by molar-refractivity contribution is 0.00808. The first-order valence-corrected chi connectivity index (χ1v) is 14.6. The standard InChI is InChI=1S/C32H39N3O6/c1-32(2)18-33(17-28(36)27-13-19-6-4-5-7-21(19)16-34(27)31(39)40)30(38)25-11-8-20(12-26(25)32)29(37)35-22-9-10-23(35)15-24(14-22)41-3/h4-8,11-12,22-24,27-28,36H,9-10,13-18H2,1-3H3,(H,39,40)/t22-,23+,24+,27-,28?/m0/s1. The molecule has 0 spiro atoms. The van der Waals surface area contributed by atoms with Gasteiger partial charge < -0.3 is 24.7 Å². The Morgan fingerprint density at radius 2 is 1.76 bits per heavy atom. The average Bonchev–Trinajstić information content (AvgIpc) is 3.22. The highest BCUT2D eigenvalue weighted by molar-refractivity contribution is 6.00. The summed E-state index contributed by atoms with van der Waals surface area (Å²) in [4.78, 5) is 44.4. The van der Waals surface area contributed by atoms with Crippen molar-refractivity contribution in [2.45, 2.75) is 88.2 Å². The van der Waals surface area contributed by atoms with E-state index < -0.39 is 23.7 Å². The van der Waals surface area contributed by atoms with E-state index in [9.17, 15) is 24.6 Å². The first kappa shape index (κ1) is 27.7. The molecule has 2 bridgehead atoms. The normalized spacial score (nSPS) is 27.3. The number of ether oxygens (including phenoxy) is 1. The fourth-order valence-electron chi connectivity index (χ4n) is 7.62. The molecule has 4 aliphatic rings. The van der Waals surface area contributed by atoms with Crippen LogP contribution in [0.25, 0.3) is 0 Å². The molecule has 5 atom stereocenters. The van der Waals surface area contributed by atoms with Crippen LogP contribution in [0.3, 0.4) is 0 Å². The maximum Gasteiger partial charge on any atom is 0.407 e. The molecule has 9 heteroatoms. The summed E-state index contributed by atoms with van der Waals surface area (Å²) in [5.41, 5.74) is 3.44. The molecule has 4 aliphatic heterocycles. The van der Waals surface area contributed by atoms with Crippen LogP contribution >= 0.6 is 0 Å². The number of carbonyl (C=O) groups is 3. The molecule has 2 saturated heterocycles. The second-order valence-electron chi connectivity index (χ2n) is 12.8. The van der Waals surface area contributed by atoms with Crippen LogP contribution in [-0.2, 0) is 23.1 Å². The van der Waals surface area contributed by atoms with Crippen LogP contribution in [0.4, 0.5) is 4.79 Å². The van der Waals surface area contributed by atoms with E-state index in [0.29, 0.717) is 24.1 Å². The topological polar surface area (TPSA) is 111 Å². The Bertz CT molecular complexity index is 1360. The Morgan fingerprint density at radius 1 is 1.07 bits per heavy atom. The van der Waals surface area contributed by atoms with Gasteiger partial charge in [0.25, 0.3) is 11.8 Å². The molecule has 4 heterocycles. The zero-order chi connectivity index (χ0) is 29.1. The molecule has 41 heavy (non-hydrogen) atoms. The van der Waals surface area contributed by atoms with E-state index in [2.05, 4.69) is 0 Å². The number of nitrogens with zero attached hydrogens (tertiary/aromatic N) is 3. The van der Waals surface area contributed by atoms with Gasteiger partial charge in [-0.25, -0.2) is 4.79 Å². The molecule has 2 fully saturated rings. The molecule has 2 aromatic carbocycles. The fourth-order valence-corrected chi connectivity index (χ4v) is 7.62. The van der Waals surface area contributed by atoms with Crippen LogP contribution < -0.4 is 0 Å². The summed E-state index contributed by atoms with van der Waals surface area (Å²) >= 11 is 0. The van der Waals surface area contributed by atoms with Crippen LogP contribution in [0.2, 0.25) is 0 Å². The van der Waals surface area contributed by atoms with E-state index in [4.69, 9.17) is 4.74 Å². The maximum atomic E-state index is 13.7. The van der Waals surface area contributed by atoms with Crippen LogP contribution in [0, 0.1) is 0 Å².